The average Bonchev–Trinajstić information content (AvgIpc) is 2.55. The second kappa shape index (κ2) is 8.68. The maximum Gasteiger partial charge on any atom is 0.312 e. The second-order valence-corrected chi connectivity index (χ2v) is 6.69. The van der Waals surface area contributed by atoms with Crippen LogP contribution in [-0.4, -0.2) is 50.8 Å². The van der Waals surface area contributed by atoms with E-state index >= 15 is 0 Å². The minimum Gasteiger partial charge on any atom is -0.466 e. The molecular formula is C18H31NO3. The Morgan fingerprint density at radius 1 is 1.32 bits per heavy atom. The minimum atomic E-state index is -0.324. The van der Waals surface area contributed by atoms with Gasteiger partial charge >= 0.3 is 5.97 Å². The molecular weight excluding hydrogens is 278 g/mol. The van der Waals surface area contributed by atoms with Gasteiger partial charge in [0.1, 0.15) is 0 Å². The van der Waals surface area contributed by atoms with Crippen molar-refractivity contribution in [3.8, 4) is 0 Å². The molecule has 1 fully saturated rings. The molecule has 0 aromatic rings. The number of allylic oxidation sites excluding steroid dienone is 2. The average molecular weight is 309 g/mol. The van der Waals surface area contributed by atoms with Gasteiger partial charge in [-0.3, -0.25) is 4.79 Å². The highest BCUT2D eigenvalue weighted by atomic mass is 16.5. The van der Waals surface area contributed by atoms with Gasteiger partial charge < -0.3 is 14.4 Å². The lowest BCUT2D eigenvalue weighted by Crippen LogP contribution is -2.47. The lowest BCUT2D eigenvalue weighted by atomic mass is 9.75. The Hall–Kier alpha value is -0.870. The van der Waals surface area contributed by atoms with Gasteiger partial charge in [0.15, 0.2) is 0 Å². The molecule has 0 spiro atoms. The highest BCUT2D eigenvalue weighted by molar-refractivity contribution is 5.77. The summed E-state index contributed by atoms with van der Waals surface area (Å²) in [5, 5.41) is 0. The smallest absolute Gasteiger partial charge is 0.312 e. The fraction of sp³-hybridized carbons (Fsp3) is 0.833. The van der Waals surface area contributed by atoms with E-state index in [2.05, 4.69) is 17.1 Å². The molecule has 2 aliphatic rings. The van der Waals surface area contributed by atoms with Crippen molar-refractivity contribution in [2.75, 3.05) is 40.0 Å². The Bertz CT molecular complexity index is 373. The first-order valence-corrected chi connectivity index (χ1v) is 8.73. The van der Waals surface area contributed by atoms with Crippen molar-refractivity contribution in [3.05, 3.63) is 12.2 Å². The van der Waals surface area contributed by atoms with E-state index in [9.17, 15) is 4.79 Å². The fourth-order valence-electron chi connectivity index (χ4n) is 3.69. The van der Waals surface area contributed by atoms with E-state index in [4.69, 9.17) is 9.47 Å². The third kappa shape index (κ3) is 4.56. The number of esters is 1. The summed E-state index contributed by atoms with van der Waals surface area (Å²) >= 11 is 0. The number of hydrogen-bond acceptors (Lipinski definition) is 4. The Morgan fingerprint density at radius 3 is 2.68 bits per heavy atom. The summed E-state index contributed by atoms with van der Waals surface area (Å²) in [5.74, 6) is 0.770. The Morgan fingerprint density at radius 2 is 2.09 bits per heavy atom. The van der Waals surface area contributed by atoms with Crippen molar-refractivity contribution in [1.82, 2.24) is 4.90 Å². The Balaban J connectivity index is 1.87. The van der Waals surface area contributed by atoms with Gasteiger partial charge in [-0.15, -0.1) is 0 Å². The molecule has 0 aromatic heterocycles. The summed E-state index contributed by atoms with van der Waals surface area (Å²) in [7, 11) is 1.70. The van der Waals surface area contributed by atoms with Crippen molar-refractivity contribution in [2.24, 2.45) is 11.3 Å². The molecule has 0 saturated carbocycles. The molecule has 0 aromatic carbocycles. The molecule has 1 unspecified atom stereocenters. The highest BCUT2D eigenvalue weighted by Gasteiger charge is 2.42. The number of rotatable bonds is 7. The summed E-state index contributed by atoms with van der Waals surface area (Å²) < 4.78 is 10.6. The van der Waals surface area contributed by atoms with Gasteiger partial charge in [0.25, 0.3) is 0 Å². The third-order valence-electron chi connectivity index (χ3n) is 5.20. The van der Waals surface area contributed by atoms with Crippen LogP contribution in [0.4, 0.5) is 0 Å². The lowest BCUT2D eigenvalue weighted by molar-refractivity contribution is -0.160. The van der Waals surface area contributed by atoms with Gasteiger partial charge in [0.2, 0.25) is 0 Å². The summed E-state index contributed by atoms with van der Waals surface area (Å²) in [6.07, 6.45) is 10.9. The van der Waals surface area contributed by atoms with Crippen molar-refractivity contribution >= 4 is 5.97 Å². The van der Waals surface area contributed by atoms with Gasteiger partial charge in [-0.25, -0.2) is 0 Å². The number of likely N-dealkylation sites (tertiary alicyclic amines) is 1. The SMILES string of the molecule is CCOC(=O)C1(CCOC)CCN(CC2CC=CCC2)CC1. The van der Waals surface area contributed by atoms with E-state index in [1.165, 1.54) is 25.8 Å². The predicted octanol–water partition coefficient (Wildman–Crippen LogP) is 3.02. The first kappa shape index (κ1) is 17.5. The van der Waals surface area contributed by atoms with E-state index in [0.29, 0.717) is 13.2 Å². The number of methoxy groups -OCH3 is 1. The Labute approximate surface area is 134 Å². The Kier molecular flexibility index (Phi) is 6.90. The van der Waals surface area contributed by atoms with Crippen molar-refractivity contribution < 1.29 is 14.3 Å². The molecule has 0 N–H and O–H groups in total. The number of carbonyl (C=O) groups excluding carboxylic acids is 1. The van der Waals surface area contributed by atoms with Crippen LogP contribution in [0.3, 0.4) is 0 Å². The van der Waals surface area contributed by atoms with Crippen molar-refractivity contribution in [2.45, 2.75) is 45.4 Å². The number of ether oxygens (including phenoxy) is 2. The monoisotopic (exact) mass is 309 g/mol. The maximum atomic E-state index is 12.4. The summed E-state index contributed by atoms with van der Waals surface area (Å²) in [6.45, 7) is 6.16. The van der Waals surface area contributed by atoms with E-state index in [1.807, 2.05) is 6.92 Å². The zero-order valence-corrected chi connectivity index (χ0v) is 14.2. The predicted molar refractivity (Wildman–Crippen MR) is 87.7 cm³/mol. The molecule has 4 nitrogen and oxygen atoms in total. The molecule has 0 radical (unpaired) electrons. The topological polar surface area (TPSA) is 38.8 Å². The first-order chi connectivity index (χ1) is 10.7. The van der Waals surface area contributed by atoms with E-state index in [0.717, 1.165) is 38.3 Å². The summed E-state index contributed by atoms with van der Waals surface area (Å²) in [6, 6.07) is 0. The first-order valence-electron chi connectivity index (χ1n) is 8.73. The molecule has 4 heteroatoms. The van der Waals surface area contributed by atoms with Crippen LogP contribution in [0.15, 0.2) is 12.2 Å². The number of carbonyl (C=O) groups is 1. The molecule has 0 bridgehead atoms. The number of hydrogen-bond donors (Lipinski definition) is 0. The maximum absolute atomic E-state index is 12.4. The number of nitrogens with zero attached hydrogens (tertiary/aromatic N) is 1. The lowest BCUT2D eigenvalue weighted by Gasteiger charge is -2.41. The zero-order chi connectivity index (χ0) is 15.8. The molecule has 22 heavy (non-hydrogen) atoms. The van der Waals surface area contributed by atoms with Crippen LogP contribution >= 0.6 is 0 Å². The largest absolute Gasteiger partial charge is 0.466 e. The molecule has 1 atom stereocenters. The van der Waals surface area contributed by atoms with E-state index < -0.39 is 0 Å². The van der Waals surface area contributed by atoms with Crippen LogP contribution in [-0.2, 0) is 14.3 Å². The highest BCUT2D eigenvalue weighted by Crippen LogP contribution is 2.37. The normalized spacial score (nSPS) is 25.1. The fourth-order valence-corrected chi connectivity index (χ4v) is 3.69. The molecule has 2 rings (SSSR count). The molecule has 1 aliphatic carbocycles. The molecule has 1 aliphatic heterocycles. The molecule has 126 valence electrons. The minimum absolute atomic E-state index is 0.0210. The van der Waals surface area contributed by atoms with Crippen LogP contribution in [0, 0.1) is 11.3 Å². The summed E-state index contributed by atoms with van der Waals surface area (Å²) in [4.78, 5) is 15.0. The third-order valence-corrected chi connectivity index (χ3v) is 5.20. The van der Waals surface area contributed by atoms with E-state index in [1.54, 1.807) is 7.11 Å². The van der Waals surface area contributed by atoms with Gasteiger partial charge in [-0.1, -0.05) is 12.2 Å². The van der Waals surface area contributed by atoms with Gasteiger partial charge in [0, 0.05) is 20.3 Å². The van der Waals surface area contributed by atoms with Gasteiger partial charge in [-0.05, 0) is 64.5 Å². The van der Waals surface area contributed by atoms with Crippen LogP contribution in [0.5, 0.6) is 0 Å². The van der Waals surface area contributed by atoms with Crippen molar-refractivity contribution in [3.63, 3.8) is 0 Å². The van der Waals surface area contributed by atoms with Crippen molar-refractivity contribution in [1.29, 1.82) is 0 Å². The van der Waals surface area contributed by atoms with Gasteiger partial charge in [-0.2, -0.15) is 0 Å². The van der Waals surface area contributed by atoms with Crippen LogP contribution in [0.2, 0.25) is 0 Å². The molecule has 0 amide bonds. The van der Waals surface area contributed by atoms with E-state index in [-0.39, 0.29) is 11.4 Å². The number of piperidine rings is 1. The molecule has 1 saturated heterocycles. The molecule has 1 heterocycles. The second-order valence-electron chi connectivity index (χ2n) is 6.69. The van der Waals surface area contributed by atoms with Gasteiger partial charge in [0.05, 0.1) is 12.0 Å². The standard InChI is InChI=1S/C18H31NO3/c1-3-22-17(20)18(11-14-21-2)9-12-19(13-10-18)15-16-7-5-4-6-8-16/h4-5,16H,3,6-15H2,1-2H3. The quantitative estimate of drug-likeness (QED) is 0.535. The zero-order valence-electron chi connectivity index (χ0n) is 14.2. The van der Waals surface area contributed by atoms with Crippen LogP contribution in [0.1, 0.15) is 45.4 Å². The van der Waals surface area contributed by atoms with Crippen LogP contribution < -0.4 is 0 Å². The van der Waals surface area contributed by atoms with Crippen LogP contribution in [0.25, 0.3) is 0 Å². The summed E-state index contributed by atoms with van der Waals surface area (Å²) in [5.41, 5.74) is -0.324.